The predicted molar refractivity (Wildman–Crippen MR) is 379 cm³/mol. The first-order valence-corrected chi connectivity index (χ1v) is 34.7. The average Bonchev–Trinajstić information content (AvgIpc) is 0.764. The van der Waals surface area contributed by atoms with Crippen LogP contribution in [0.3, 0.4) is 0 Å². The van der Waals surface area contributed by atoms with E-state index in [1.54, 1.807) is 49.1 Å². The lowest BCUT2D eigenvalue weighted by molar-refractivity contribution is 0.300. The summed E-state index contributed by atoms with van der Waals surface area (Å²) in [6.07, 6.45) is 31.8. The molecule has 0 radical (unpaired) electrons. The largest absolute Gasteiger partial charge is 0.494 e. The van der Waals surface area contributed by atoms with Crippen molar-refractivity contribution in [3.8, 4) is 90.7 Å². The quantitative estimate of drug-likeness (QED) is 0.0344. The number of nitrogens with zero attached hydrogens (tertiary/aromatic N) is 4. The molecule has 0 fully saturated rings. The summed E-state index contributed by atoms with van der Waals surface area (Å²) in [5, 5.41) is 4.71. The van der Waals surface area contributed by atoms with E-state index in [1.807, 2.05) is 48.5 Å². The predicted octanol–water partition coefficient (Wildman–Crippen LogP) is 22.5. The normalized spacial score (nSPS) is 11.3. The van der Waals surface area contributed by atoms with Crippen LogP contribution in [0.4, 0.5) is 8.78 Å². The van der Waals surface area contributed by atoms with E-state index >= 15 is 0 Å². The van der Waals surface area contributed by atoms with Crippen LogP contribution in [0.15, 0.2) is 183 Å². The average molecular weight is 1270 g/mol. The van der Waals surface area contributed by atoms with Crippen LogP contribution in [-0.4, -0.2) is 59.6 Å². The fourth-order valence-electron chi connectivity index (χ4n) is 11.8. The lowest BCUT2D eigenvalue weighted by atomic mass is 9.92. The number of hydrogen-bond acceptors (Lipinski definition) is 10. The summed E-state index contributed by atoms with van der Waals surface area (Å²) >= 11 is 0. The van der Waals surface area contributed by atoms with E-state index in [0.29, 0.717) is 73.9 Å². The lowest BCUT2D eigenvalue weighted by Gasteiger charge is -2.20. The minimum Gasteiger partial charge on any atom is -0.494 e. The molecule has 10 rings (SSSR count). The molecule has 0 unspecified atom stereocenters. The van der Waals surface area contributed by atoms with E-state index in [0.717, 1.165) is 133 Å². The van der Waals surface area contributed by atoms with Crippen molar-refractivity contribution in [2.75, 3.05) is 39.6 Å². The topological polar surface area (TPSA) is 107 Å². The van der Waals surface area contributed by atoms with Gasteiger partial charge in [-0.15, -0.1) is 0 Å². The van der Waals surface area contributed by atoms with E-state index < -0.39 is 11.6 Å². The molecule has 0 aliphatic carbocycles. The highest BCUT2D eigenvalue weighted by molar-refractivity contribution is 6.09. The van der Waals surface area contributed by atoms with Gasteiger partial charge in [0.1, 0.15) is 46.1 Å². The van der Waals surface area contributed by atoms with E-state index in [1.165, 1.54) is 97.9 Å². The van der Waals surface area contributed by atoms with Crippen molar-refractivity contribution in [1.29, 1.82) is 0 Å². The molecule has 0 bridgehead atoms. The Kier molecular flexibility index (Phi) is 26.8. The van der Waals surface area contributed by atoms with Crippen molar-refractivity contribution in [3.05, 3.63) is 194 Å². The van der Waals surface area contributed by atoms with Gasteiger partial charge in [0.05, 0.1) is 50.8 Å². The minimum atomic E-state index is -0.399. The highest BCUT2D eigenvalue weighted by Gasteiger charge is 2.20. The highest BCUT2D eigenvalue weighted by Crippen LogP contribution is 2.46. The Labute approximate surface area is 555 Å². The van der Waals surface area contributed by atoms with Crippen molar-refractivity contribution in [1.82, 2.24) is 19.9 Å². The van der Waals surface area contributed by atoms with Crippen molar-refractivity contribution in [2.45, 2.75) is 155 Å². The molecular formula is C82H92F2N4O6. The molecule has 10 aromatic rings. The summed E-state index contributed by atoms with van der Waals surface area (Å²) in [6.45, 7) is 8.05. The fraction of sp³-hybridized carbons (Fsp3) is 0.366. The Hall–Kier alpha value is -8.90. The maximum Gasteiger partial charge on any atom is 0.162 e. The van der Waals surface area contributed by atoms with Crippen LogP contribution in [0.1, 0.15) is 155 Å². The molecule has 0 saturated heterocycles. The number of aromatic nitrogens is 4. The second-order valence-electron chi connectivity index (χ2n) is 24.4. The van der Waals surface area contributed by atoms with Crippen LogP contribution in [0.2, 0.25) is 0 Å². The maximum absolute atomic E-state index is 14.9. The molecule has 0 N–H and O–H groups in total. The van der Waals surface area contributed by atoms with Crippen molar-refractivity contribution in [2.24, 2.45) is 0 Å². The Balaban J connectivity index is 0.582. The first-order chi connectivity index (χ1) is 46.4. The standard InChI is InChI=1S/C82H92F2N4O6/c1-3-5-49-91-69-43-45-73(75(83)55-69)81-85-57-65(58-86-81)61-33-39-67(40-34-61)89-51-25-17-13-9-7-11-15-19-27-53-93-77-47-37-63-29-21-23-31-71(63)79(77)80-72-32-24-22-30-64(72)38-48-78(80)94-54-28-20-16-12-8-10-14-18-26-52-90-68-41-35-62(36-42-68)66-59-87-82(88-60-66)74-46-44-70(56-76(74)84)92-50-6-4-2/h21-24,29-48,55-60H,3-20,25-28,49-54H2,1-2H3. The molecule has 2 aromatic heterocycles. The highest BCUT2D eigenvalue weighted by atomic mass is 19.1. The zero-order chi connectivity index (χ0) is 64.8. The summed E-state index contributed by atoms with van der Waals surface area (Å²) in [6, 6.07) is 51.6. The zero-order valence-electron chi connectivity index (χ0n) is 55.1. The third-order valence-electron chi connectivity index (χ3n) is 17.2. The van der Waals surface area contributed by atoms with Gasteiger partial charge in [0.15, 0.2) is 11.6 Å². The summed E-state index contributed by atoms with van der Waals surface area (Å²) in [7, 11) is 0. The van der Waals surface area contributed by atoms with Crippen LogP contribution in [0.25, 0.3) is 77.7 Å². The van der Waals surface area contributed by atoms with Crippen LogP contribution in [-0.2, 0) is 0 Å². The van der Waals surface area contributed by atoms with Gasteiger partial charge in [-0.05, 0) is 132 Å². The second kappa shape index (κ2) is 37.1. The van der Waals surface area contributed by atoms with E-state index in [2.05, 4.69) is 107 Å². The molecule has 0 saturated carbocycles. The number of halogens is 2. The van der Waals surface area contributed by atoms with Crippen molar-refractivity contribution in [3.63, 3.8) is 0 Å². The van der Waals surface area contributed by atoms with Gasteiger partial charge in [0, 0.05) is 59.2 Å². The SMILES string of the molecule is CCCCOc1ccc(-c2ncc(-c3ccc(OCCCCCCCCCCCOc4ccc5ccccc5c4-c4c(OCCCCCCCCCCCOc5ccc(-c6cnc(-c7ccc(OCCCC)cc7F)nc6)cc5)ccc5ccccc45)cc3)cn2)c(F)c1. The Morgan fingerprint density at radius 1 is 0.287 bits per heavy atom. The van der Waals surface area contributed by atoms with Gasteiger partial charge in [-0.2, -0.15) is 0 Å². The first kappa shape index (κ1) is 68.0. The number of fused-ring (bicyclic) bond motifs is 2. The van der Waals surface area contributed by atoms with E-state index in [-0.39, 0.29) is 0 Å². The summed E-state index contributed by atoms with van der Waals surface area (Å²) in [4.78, 5) is 17.8. The lowest BCUT2D eigenvalue weighted by Crippen LogP contribution is -2.02. The van der Waals surface area contributed by atoms with E-state index in [4.69, 9.17) is 28.4 Å². The fourth-order valence-corrected chi connectivity index (χ4v) is 11.8. The molecule has 2 heterocycles. The molecule has 0 spiro atoms. The third-order valence-corrected chi connectivity index (χ3v) is 17.2. The van der Waals surface area contributed by atoms with Crippen molar-refractivity contribution >= 4 is 21.5 Å². The van der Waals surface area contributed by atoms with Gasteiger partial charge in [0.25, 0.3) is 0 Å². The minimum absolute atomic E-state index is 0.341. The number of unbranched alkanes of at least 4 members (excludes halogenated alkanes) is 18. The number of hydrogen-bond donors (Lipinski definition) is 0. The molecule has 94 heavy (non-hydrogen) atoms. The van der Waals surface area contributed by atoms with Gasteiger partial charge >= 0.3 is 0 Å². The van der Waals surface area contributed by atoms with Gasteiger partial charge in [-0.3, -0.25) is 0 Å². The third kappa shape index (κ3) is 20.1. The molecule has 10 nitrogen and oxygen atoms in total. The van der Waals surface area contributed by atoms with Gasteiger partial charge in [0.2, 0.25) is 0 Å². The molecule has 8 aromatic carbocycles. The van der Waals surface area contributed by atoms with Crippen LogP contribution < -0.4 is 28.4 Å². The van der Waals surface area contributed by atoms with Crippen LogP contribution in [0.5, 0.6) is 34.5 Å². The first-order valence-electron chi connectivity index (χ1n) is 34.7. The molecular weight excluding hydrogens is 1170 g/mol. The van der Waals surface area contributed by atoms with Crippen LogP contribution >= 0.6 is 0 Å². The maximum atomic E-state index is 14.9. The second-order valence-corrected chi connectivity index (χ2v) is 24.4. The number of benzene rings is 8. The van der Waals surface area contributed by atoms with Gasteiger partial charge < -0.3 is 28.4 Å². The summed E-state index contributed by atoms with van der Waals surface area (Å²) in [5.41, 5.74) is 6.58. The monoisotopic (exact) mass is 1270 g/mol. The van der Waals surface area contributed by atoms with Crippen molar-refractivity contribution < 1.29 is 37.2 Å². The summed E-state index contributed by atoms with van der Waals surface area (Å²) < 4.78 is 66.7. The smallest absolute Gasteiger partial charge is 0.162 e. The molecule has 0 amide bonds. The van der Waals surface area contributed by atoms with Gasteiger partial charge in [-0.25, -0.2) is 28.7 Å². The van der Waals surface area contributed by atoms with Crippen LogP contribution in [0, 0.1) is 11.6 Å². The molecule has 0 aliphatic heterocycles. The Morgan fingerprint density at radius 2 is 0.596 bits per heavy atom. The zero-order valence-corrected chi connectivity index (χ0v) is 55.1. The molecule has 490 valence electrons. The number of rotatable bonds is 41. The molecule has 0 atom stereocenters. The summed E-state index contributed by atoms with van der Waals surface area (Å²) in [5.74, 6) is 4.42. The molecule has 0 aliphatic rings. The number of ether oxygens (including phenoxy) is 6. The Morgan fingerprint density at radius 3 is 0.947 bits per heavy atom. The van der Waals surface area contributed by atoms with Gasteiger partial charge in [-0.1, -0.05) is 202 Å². The van der Waals surface area contributed by atoms with E-state index in [9.17, 15) is 8.78 Å². The Bertz CT molecular complexity index is 3630. The molecule has 12 heteroatoms.